The molecule has 20 heavy (non-hydrogen) atoms. The van der Waals surface area contributed by atoms with Gasteiger partial charge in [-0.15, -0.1) is 0 Å². The molecule has 0 N–H and O–H groups in total. The van der Waals surface area contributed by atoms with Crippen LogP contribution in [0.1, 0.15) is 26.3 Å². The third kappa shape index (κ3) is 3.40. The van der Waals surface area contributed by atoms with Crippen molar-refractivity contribution < 1.29 is 4.74 Å². The van der Waals surface area contributed by atoms with Gasteiger partial charge in [-0.25, -0.2) is 0 Å². The first-order valence-electron chi connectivity index (χ1n) is 7.09. The second-order valence-corrected chi connectivity index (χ2v) is 4.46. The summed E-state index contributed by atoms with van der Waals surface area (Å²) < 4.78 is 5.64. The van der Waals surface area contributed by atoms with E-state index in [1.165, 1.54) is 16.3 Å². The van der Waals surface area contributed by atoms with Crippen molar-refractivity contribution in [2.45, 2.75) is 27.2 Å². The van der Waals surface area contributed by atoms with E-state index < -0.39 is 0 Å². The van der Waals surface area contributed by atoms with E-state index in [0.29, 0.717) is 0 Å². The quantitative estimate of drug-likeness (QED) is 0.661. The number of ether oxygens (including phenoxy) is 1. The van der Waals surface area contributed by atoms with E-state index in [2.05, 4.69) is 48.2 Å². The standard InChI is InChI=1S/C17H14O.C2H6/c1-13-5-4-8-17(18-13)12-14-9-10-15-6-2-3-7-16(15)11-14;1-2/h2-4,6-11H,12H2,1H3;1-2H3. The van der Waals surface area contributed by atoms with Gasteiger partial charge < -0.3 is 4.74 Å². The van der Waals surface area contributed by atoms with Crippen molar-refractivity contribution >= 4 is 10.8 Å². The molecule has 1 heteroatoms. The molecule has 0 aromatic heterocycles. The Morgan fingerprint density at radius 3 is 2.50 bits per heavy atom. The van der Waals surface area contributed by atoms with Gasteiger partial charge in [0.1, 0.15) is 11.5 Å². The highest BCUT2D eigenvalue weighted by Crippen LogP contribution is 2.20. The molecule has 0 atom stereocenters. The Kier molecular flexibility index (Phi) is 4.81. The predicted molar refractivity (Wildman–Crippen MR) is 85.4 cm³/mol. The molecule has 2 aromatic rings. The maximum Gasteiger partial charge on any atom is 0.142 e. The highest BCUT2D eigenvalue weighted by molar-refractivity contribution is 5.83. The van der Waals surface area contributed by atoms with Gasteiger partial charge in [0.05, 0.1) is 0 Å². The molecule has 0 unspecified atom stereocenters. The predicted octanol–water partition coefficient (Wildman–Crippen LogP) is 5.38. The Hall–Kier alpha value is -2.24. The molecule has 1 aliphatic heterocycles. The molecule has 0 aliphatic carbocycles. The molecular formula is C19H20O. The van der Waals surface area contributed by atoms with Crippen LogP contribution in [0.3, 0.4) is 0 Å². The van der Waals surface area contributed by atoms with E-state index in [9.17, 15) is 0 Å². The molecule has 0 saturated carbocycles. The Bertz CT molecular complexity index is 686. The summed E-state index contributed by atoms with van der Waals surface area (Å²) in [5.74, 6) is 1.80. The van der Waals surface area contributed by atoms with Crippen LogP contribution in [-0.2, 0) is 11.2 Å². The first kappa shape index (κ1) is 14.2. The molecule has 0 fully saturated rings. The van der Waals surface area contributed by atoms with Crippen LogP contribution in [0.15, 0.2) is 71.9 Å². The van der Waals surface area contributed by atoms with Crippen LogP contribution in [-0.4, -0.2) is 0 Å². The minimum absolute atomic E-state index is 0.820. The summed E-state index contributed by atoms with van der Waals surface area (Å²) in [6.45, 7) is 5.92. The van der Waals surface area contributed by atoms with Gasteiger partial charge >= 0.3 is 0 Å². The van der Waals surface area contributed by atoms with E-state index in [1.807, 2.05) is 32.9 Å². The number of allylic oxidation sites excluding steroid dienone is 3. The molecule has 0 spiro atoms. The summed E-state index contributed by atoms with van der Waals surface area (Å²) in [5, 5.41) is 2.55. The number of fused-ring (bicyclic) bond motifs is 1. The van der Waals surface area contributed by atoms with Crippen molar-refractivity contribution in [3.05, 3.63) is 77.4 Å². The molecule has 1 nitrogen and oxygen atoms in total. The van der Waals surface area contributed by atoms with Crippen molar-refractivity contribution in [2.24, 2.45) is 0 Å². The summed E-state index contributed by atoms with van der Waals surface area (Å²) in [7, 11) is 0. The summed E-state index contributed by atoms with van der Waals surface area (Å²) in [6.07, 6.45) is 4.71. The maximum absolute atomic E-state index is 5.64. The fourth-order valence-electron chi connectivity index (χ4n) is 2.16. The molecule has 0 saturated heterocycles. The first-order chi connectivity index (χ1) is 9.81. The Balaban J connectivity index is 0.000000704. The lowest BCUT2D eigenvalue weighted by Crippen LogP contribution is -1.97. The van der Waals surface area contributed by atoms with E-state index >= 15 is 0 Å². The third-order valence-corrected chi connectivity index (χ3v) is 3.03. The molecule has 1 heterocycles. The van der Waals surface area contributed by atoms with Gasteiger partial charge in [0.25, 0.3) is 0 Å². The van der Waals surface area contributed by atoms with Crippen LogP contribution in [0, 0.1) is 0 Å². The van der Waals surface area contributed by atoms with Gasteiger partial charge in [-0.05, 0) is 28.5 Å². The zero-order valence-electron chi connectivity index (χ0n) is 12.3. The summed E-state index contributed by atoms with van der Waals surface area (Å²) in [4.78, 5) is 0. The molecular weight excluding hydrogens is 244 g/mol. The molecule has 3 rings (SSSR count). The Labute approximate surface area is 120 Å². The van der Waals surface area contributed by atoms with E-state index in [1.54, 1.807) is 0 Å². The van der Waals surface area contributed by atoms with Gasteiger partial charge in [-0.3, -0.25) is 0 Å². The van der Waals surface area contributed by atoms with E-state index in [-0.39, 0.29) is 0 Å². The monoisotopic (exact) mass is 264 g/mol. The Morgan fingerprint density at radius 1 is 1.00 bits per heavy atom. The zero-order valence-corrected chi connectivity index (χ0v) is 12.3. The first-order valence-corrected chi connectivity index (χ1v) is 7.09. The van der Waals surface area contributed by atoms with Crippen molar-refractivity contribution in [3.8, 4) is 0 Å². The fraction of sp³-hybridized carbons (Fsp3) is 0.211. The lowest BCUT2D eigenvalue weighted by molar-refractivity contribution is 0.297. The van der Waals surface area contributed by atoms with Crippen molar-refractivity contribution in [2.75, 3.05) is 0 Å². The number of hydrogen-bond donors (Lipinski definition) is 0. The highest BCUT2D eigenvalue weighted by atomic mass is 16.5. The molecule has 102 valence electrons. The second-order valence-electron chi connectivity index (χ2n) is 4.46. The fourth-order valence-corrected chi connectivity index (χ4v) is 2.16. The lowest BCUT2D eigenvalue weighted by atomic mass is 10.0. The minimum atomic E-state index is 0.820. The second kappa shape index (κ2) is 6.79. The van der Waals surface area contributed by atoms with Crippen molar-refractivity contribution in [1.29, 1.82) is 0 Å². The molecule has 0 bridgehead atoms. The summed E-state index contributed by atoms with van der Waals surface area (Å²) in [5.41, 5.74) is 4.29. The number of benzene rings is 2. The van der Waals surface area contributed by atoms with Crippen LogP contribution in [0.5, 0.6) is 0 Å². The lowest BCUT2D eigenvalue weighted by Gasteiger charge is -2.11. The average molecular weight is 264 g/mol. The smallest absolute Gasteiger partial charge is 0.142 e. The van der Waals surface area contributed by atoms with Crippen LogP contribution in [0.2, 0.25) is 0 Å². The average Bonchev–Trinajstić information content (AvgIpc) is 2.49. The van der Waals surface area contributed by atoms with Gasteiger partial charge in [-0.2, -0.15) is 0 Å². The van der Waals surface area contributed by atoms with Gasteiger partial charge in [0.15, 0.2) is 0 Å². The SMILES string of the molecule is CC.CC1=C=CC=C(Cc2ccc3ccccc3c2)O1. The van der Waals surface area contributed by atoms with E-state index in [0.717, 1.165) is 17.9 Å². The molecule has 1 aliphatic rings. The van der Waals surface area contributed by atoms with Gasteiger partial charge in [0.2, 0.25) is 0 Å². The number of rotatable bonds is 2. The third-order valence-electron chi connectivity index (χ3n) is 3.03. The summed E-state index contributed by atoms with van der Waals surface area (Å²) in [6, 6.07) is 14.9. The van der Waals surface area contributed by atoms with Gasteiger partial charge in [-0.1, -0.05) is 62.0 Å². The maximum atomic E-state index is 5.64. The minimum Gasteiger partial charge on any atom is -0.458 e. The topological polar surface area (TPSA) is 9.23 Å². The van der Waals surface area contributed by atoms with Crippen LogP contribution in [0.25, 0.3) is 10.8 Å². The van der Waals surface area contributed by atoms with Gasteiger partial charge in [0, 0.05) is 13.3 Å². The molecule has 0 amide bonds. The van der Waals surface area contributed by atoms with Crippen LogP contribution >= 0.6 is 0 Å². The number of hydrogen-bond acceptors (Lipinski definition) is 1. The van der Waals surface area contributed by atoms with Crippen molar-refractivity contribution in [1.82, 2.24) is 0 Å². The van der Waals surface area contributed by atoms with Crippen LogP contribution in [0.4, 0.5) is 0 Å². The normalized spacial score (nSPS) is 12.9. The highest BCUT2D eigenvalue weighted by Gasteiger charge is 2.04. The largest absolute Gasteiger partial charge is 0.458 e. The van der Waals surface area contributed by atoms with Crippen molar-refractivity contribution in [3.63, 3.8) is 0 Å². The van der Waals surface area contributed by atoms with Crippen LogP contribution < -0.4 is 0 Å². The summed E-state index contributed by atoms with van der Waals surface area (Å²) >= 11 is 0. The molecule has 2 aromatic carbocycles. The van der Waals surface area contributed by atoms with E-state index in [4.69, 9.17) is 4.74 Å². The zero-order chi connectivity index (χ0) is 14.4. The Morgan fingerprint density at radius 2 is 1.75 bits per heavy atom. The molecule has 0 radical (unpaired) electrons.